The van der Waals surface area contributed by atoms with Gasteiger partial charge >= 0.3 is 11.9 Å². The van der Waals surface area contributed by atoms with E-state index in [0.29, 0.717) is 11.1 Å². The maximum absolute atomic E-state index is 13.0. The van der Waals surface area contributed by atoms with Crippen molar-refractivity contribution in [2.75, 3.05) is 0 Å². The molecule has 0 spiro atoms. The lowest BCUT2D eigenvalue weighted by molar-refractivity contribution is -0.146. The van der Waals surface area contributed by atoms with E-state index in [-0.39, 0.29) is 12.4 Å². The average Bonchev–Trinajstić information content (AvgIpc) is 2.28. The van der Waals surface area contributed by atoms with Crippen molar-refractivity contribution in [2.24, 2.45) is 0 Å². The van der Waals surface area contributed by atoms with Crippen LogP contribution >= 0.6 is 0 Å². The maximum Gasteiger partial charge on any atom is 0.321 e. The molecule has 5 nitrogen and oxygen atoms in total. The van der Waals surface area contributed by atoms with E-state index in [0.717, 1.165) is 0 Å². The van der Waals surface area contributed by atoms with Gasteiger partial charge in [0.2, 0.25) is 0 Å². The normalized spacial score (nSPS) is 12.1. The van der Waals surface area contributed by atoms with E-state index in [4.69, 9.17) is 10.2 Å². The van der Waals surface area contributed by atoms with Gasteiger partial charge in [0.25, 0.3) is 0 Å². The third-order valence-electron chi connectivity index (χ3n) is 2.45. The summed E-state index contributed by atoms with van der Waals surface area (Å²) >= 11 is 0. The Kier molecular flexibility index (Phi) is 4.79. The van der Waals surface area contributed by atoms with Gasteiger partial charge in [0, 0.05) is 6.54 Å². The summed E-state index contributed by atoms with van der Waals surface area (Å²) in [4.78, 5) is 21.3. The molecule has 0 heterocycles. The van der Waals surface area contributed by atoms with E-state index in [1.807, 2.05) is 0 Å². The summed E-state index contributed by atoms with van der Waals surface area (Å²) in [5.74, 6) is -2.75. The fourth-order valence-electron chi connectivity index (χ4n) is 1.48. The summed E-state index contributed by atoms with van der Waals surface area (Å²) in [5.41, 5.74) is 1.16. The van der Waals surface area contributed by atoms with Crippen LogP contribution in [0.25, 0.3) is 0 Å². The van der Waals surface area contributed by atoms with Crippen molar-refractivity contribution in [1.82, 2.24) is 5.32 Å². The zero-order valence-corrected chi connectivity index (χ0v) is 9.81. The van der Waals surface area contributed by atoms with Crippen molar-refractivity contribution in [3.8, 4) is 0 Å². The molecule has 0 fully saturated rings. The standard InChI is InChI=1S/C12H14FNO4/c1-7-4-8(2-3-9(7)13)6-14-10(12(17)18)5-11(15)16/h2-4,10,14H,5-6H2,1H3,(H,15,16)(H,17,18). The molecule has 0 radical (unpaired) electrons. The highest BCUT2D eigenvalue weighted by molar-refractivity contribution is 5.80. The molecule has 0 aliphatic rings. The average molecular weight is 255 g/mol. The molecule has 0 aliphatic carbocycles. The molecule has 0 aromatic heterocycles. The van der Waals surface area contributed by atoms with Crippen LogP contribution in [0.2, 0.25) is 0 Å². The lowest BCUT2D eigenvalue weighted by Gasteiger charge is -2.12. The molecule has 1 aromatic carbocycles. The van der Waals surface area contributed by atoms with Gasteiger partial charge in [-0.3, -0.25) is 14.9 Å². The van der Waals surface area contributed by atoms with E-state index in [2.05, 4.69) is 5.32 Å². The third kappa shape index (κ3) is 4.14. The number of rotatable bonds is 6. The van der Waals surface area contributed by atoms with Crippen molar-refractivity contribution < 1.29 is 24.2 Å². The molecule has 0 bridgehead atoms. The van der Waals surface area contributed by atoms with Gasteiger partial charge in [0.1, 0.15) is 11.9 Å². The quantitative estimate of drug-likeness (QED) is 0.710. The highest BCUT2D eigenvalue weighted by Crippen LogP contribution is 2.09. The molecule has 1 rings (SSSR count). The summed E-state index contributed by atoms with van der Waals surface area (Å²) in [6.07, 6.45) is -0.504. The van der Waals surface area contributed by atoms with Crippen molar-refractivity contribution in [1.29, 1.82) is 0 Å². The number of hydrogen-bond donors (Lipinski definition) is 3. The van der Waals surface area contributed by atoms with Gasteiger partial charge < -0.3 is 10.2 Å². The zero-order valence-electron chi connectivity index (χ0n) is 9.81. The molecule has 1 atom stereocenters. The lowest BCUT2D eigenvalue weighted by atomic mass is 10.1. The minimum atomic E-state index is -1.23. The van der Waals surface area contributed by atoms with Crippen LogP contribution in [-0.2, 0) is 16.1 Å². The predicted octanol–water partition coefficient (Wildman–Crippen LogP) is 1.15. The van der Waals surface area contributed by atoms with Gasteiger partial charge in [0.05, 0.1) is 6.42 Å². The van der Waals surface area contributed by atoms with Crippen LogP contribution in [0.5, 0.6) is 0 Å². The number of carbonyl (C=O) groups is 2. The first-order valence-electron chi connectivity index (χ1n) is 5.33. The molecule has 0 saturated carbocycles. The molecule has 18 heavy (non-hydrogen) atoms. The largest absolute Gasteiger partial charge is 0.481 e. The van der Waals surface area contributed by atoms with Crippen LogP contribution in [0.4, 0.5) is 4.39 Å². The third-order valence-corrected chi connectivity index (χ3v) is 2.45. The van der Waals surface area contributed by atoms with Gasteiger partial charge in [-0.2, -0.15) is 0 Å². The first kappa shape index (κ1) is 14.1. The number of carboxylic acids is 2. The Labute approximate surface area is 103 Å². The van der Waals surface area contributed by atoms with E-state index in [1.165, 1.54) is 12.1 Å². The number of nitrogens with one attached hydrogen (secondary N) is 1. The predicted molar refractivity (Wildman–Crippen MR) is 61.7 cm³/mol. The monoisotopic (exact) mass is 255 g/mol. The first-order valence-corrected chi connectivity index (χ1v) is 5.33. The lowest BCUT2D eigenvalue weighted by Crippen LogP contribution is -2.38. The molecular formula is C12H14FNO4. The van der Waals surface area contributed by atoms with E-state index >= 15 is 0 Å². The minimum Gasteiger partial charge on any atom is -0.481 e. The Morgan fingerprint density at radius 3 is 2.56 bits per heavy atom. The van der Waals surface area contributed by atoms with Crippen LogP contribution in [0.1, 0.15) is 17.5 Å². The topological polar surface area (TPSA) is 86.6 Å². The zero-order chi connectivity index (χ0) is 13.7. The second kappa shape index (κ2) is 6.11. The van der Waals surface area contributed by atoms with Gasteiger partial charge in [-0.25, -0.2) is 4.39 Å². The molecule has 3 N–H and O–H groups in total. The summed E-state index contributed by atoms with van der Waals surface area (Å²) in [7, 11) is 0. The second-order valence-electron chi connectivity index (χ2n) is 3.95. The van der Waals surface area contributed by atoms with E-state index in [1.54, 1.807) is 13.0 Å². The van der Waals surface area contributed by atoms with Crippen molar-refractivity contribution >= 4 is 11.9 Å². The summed E-state index contributed by atoms with van der Waals surface area (Å²) < 4.78 is 13.0. The van der Waals surface area contributed by atoms with Crippen LogP contribution in [0, 0.1) is 12.7 Å². The Morgan fingerprint density at radius 1 is 1.39 bits per heavy atom. The molecule has 1 aromatic rings. The second-order valence-corrected chi connectivity index (χ2v) is 3.95. The number of hydrogen-bond acceptors (Lipinski definition) is 3. The Balaban J connectivity index is 2.64. The highest BCUT2D eigenvalue weighted by Gasteiger charge is 2.20. The number of aryl methyl sites for hydroxylation is 1. The number of carboxylic acid groups (broad SMARTS) is 2. The molecule has 6 heteroatoms. The van der Waals surface area contributed by atoms with Gasteiger partial charge in [-0.15, -0.1) is 0 Å². The van der Waals surface area contributed by atoms with Crippen LogP contribution in [0.3, 0.4) is 0 Å². The first-order chi connectivity index (χ1) is 8.40. The molecule has 1 unspecified atom stereocenters. The Bertz CT molecular complexity index is 461. The van der Waals surface area contributed by atoms with Crippen LogP contribution < -0.4 is 5.32 Å². The minimum absolute atomic E-state index is 0.172. The smallest absolute Gasteiger partial charge is 0.321 e. The van der Waals surface area contributed by atoms with Crippen LogP contribution in [0.15, 0.2) is 18.2 Å². The molecular weight excluding hydrogens is 241 g/mol. The summed E-state index contributed by atoms with van der Waals surface area (Å²) in [5, 5.41) is 20.0. The van der Waals surface area contributed by atoms with E-state index in [9.17, 15) is 14.0 Å². The Morgan fingerprint density at radius 2 is 2.06 bits per heavy atom. The van der Waals surface area contributed by atoms with Crippen LogP contribution in [-0.4, -0.2) is 28.2 Å². The number of aliphatic carboxylic acids is 2. The molecule has 0 saturated heterocycles. The van der Waals surface area contributed by atoms with Gasteiger partial charge in [0.15, 0.2) is 0 Å². The Hall–Kier alpha value is -1.95. The van der Waals surface area contributed by atoms with Crippen molar-refractivity contribution in [2.45, 2.75) is 25.9 Å². The molecule has 0 aliphatic heterocycles. The highest BCUT2D eigenvalue weighted by atomic mass is 19.1. The fourth-order valence-corrected chi connectivity index (χ4v) is 1.48. The van der Waals surface area contributed by atoms with Crippen molar-refractivity contribution in [3.63, 3.8) is 0 Å². The summed E-state index contributed by atoms with van der Waals surface area (Å²) in [6, 6.07) is 3.24. The molecule has 0 amide bonds. The SMILES string of the molecule is Cc1cc(CNC(CC(=O)O)C(=O)O)ccc1F. The number of halogens is 1. The fraction of sp³-hybridized carbons (Fsp3) is 0.333. The molecule has 98 valence electrons. The van der Waals surface area contributed by atoms with E-state index < -0.39 is 24.4 Å². The van der Waals surface area contributed by atoms with Gasteiger partial charge in [-0.05, 0) is 24.1 Å². The van der Waals surface area contributed by atoms with Gasteiger partial charge in [-0.1, -0.05) is 12.1 Å². The van der Waals surface area contributed by atoms with Crippen molar-refractivity contribution in [3.05, 3.63) is 35.1 Å². The number of benzene rings is 1. The maximum atomic E-state index is 13.0. The summed E-state index contributed by atoms with van der Waals surface area (Å²) in [6.45, 7) is 1.77.